The molecule has 0 saturated carbocycles. The molecule has 10 heteroatoms. The highest BCUT2D eigenvalue weighted by molar-refractivity contribution is 14.0. The number of nitrogens with zero attached hydrogens (tertiary/aromatic N) is 2. The molecule has 0 amide bonds. The number of alkyl halides is 3. The number of guanidine groups is 1. The van der Waals surface area contributed by atoms with Crippen LogP contribution >= 0.6 is 24.0 Å². The molecule has 2 unspecified atom stereocenters. The number of aliphatic hydroxyl groups excluding tert-OH is 1. The fourth-order valence-electron chi connectivity index (χ4n) is 2.88. The molecule has 1 aliphatic heterocycles. The lowest BCUT2D eigenvalue weighted by atomic mass is 10.1. The summed E-state index contributed by atoms with van der Waals surface area (Å²) in [6.45, 7) is 2.05. The first-order valence-corrected chi connectivity index (χ1v) is 8.55. The van der Waals surface area contributed by atoms with Crippen LogP contribution in [0.1, 0.15) is 25.0 Å². The Morgan fingerprint density at radius 2 is 2.07 bits per heavy atom. The van der Waals surface area contributed by atoms with E-state index in [2.05, 4.69) is 15.6 Å². The molecule has 1 aliphatic rings. The molecule has 1 saturated heterocycles. The Morgan fingerprint density at radius 1 is 1.37 bits per heavy atom. The van der Waals surface area contributed by atoms with E-state index in [-0.39, 0.29) is 48.7 Å². The third-order valence-electron chi connectivity index (χ3n) is 4.05. The van der Waals surface area contributed by atoms with Gasteiger partial charge in [-0.3, -0.25) is 9.89 Å². The monoisotopic (exact) mass is 504 g/mol. The van der Waals surface area contributed by atoms with Gasteiger partial charge < -0.3 is 15.7 Å². The Bertz CT molecular complexity index is 615. The second-order valence-electron chi connectivity index (χ2n) is 6.24. The van der Waals surface area contributed by atoms with Gasteiger partial charge in [0.15, 0.2) is 5.96 Å². The second kappa shape index (κ2) is 11.0. The van der Waals surface area contributed by atoms with Crippen LogP contribution in [0, 0.1) is 5.82 Å². The van der Waals surface area contributed by atoms with Gasteiger partial charge in [-0.05, 0) is 19.4 Å². The van der Waals surface area contributed by atoms with Crippen LogP contribution in [-0.2, 0) is 0 Å². The van der Waals surface area contributed by atoms with Gasteiger partial charge in [0.1, 0.15) is 11.9 Å². The van der Waals surface area contributed by atoms with Crippen LogP contribution in [-0.4, -0.2) is 60.9 Å². The minimum atomic E-state index is -4.21. The third kappa shape index (κ3) is 8.18. The Morgan fingerprint density at radius 3 is 2.70 bits per heavy atom. The molecule has 1 aromatic rings. The van der Waals surface area contributed by atoms with Crippen molar-refractivity contribution >= 4 is 29.9 Å². The summed E-state index contributed by atoms with van der Waals surface area (Å²) in [7, 11) is 0. The first kappa shape index (κ1) is 23.9. The minimum Gasteiger partial charge on any atom is -0.386 e. The van der Waals surface area contributed by atoms with E-state index in [1.54, 1.807) is 6.07 Å². The predicted octanol–water partition coefficient (Wildman–Crippen LogP) is 2.67. The SMILES string of the molecule is CCNC(=NCC(O)c1ccccc1F)NC1CCN(CC(F)(F)F)C1.I. The Labute approximate surface area is 173 Å². The van der Waals surface area contributed by atoms with Crippen molar-refractivity contribution in [3.8, 4) is 0 Å². The van der Waals surface area contributed by atoms with Crippen molar-refractivity contribution in [1.82, 2.24) is 15.5 Å². The van der Waals surface area contributed by atoms with Gasteiger partial charge in [-0.1, -0.05) is 18.2 Å². The molecule has 2 rings (SSSR count). The van der Waals surface area contributed by atoms with Crippen LogP contribution in [0.25, 0.3) is 0 Å². The number of benzene rings is 1. The van der Waals surface area contributed by atoms with Gasteiger partial charge in [0.05, 0.1) is 13.1 Å². The van der Waals surface area contributed by atoms with Crippen LogP contribution in [0.5, 0.6) is 0 Å². The van der Waals surface area contributed by atoms with E-state index in [1.807, 2.05) is 6.92 Å². The smallest absolute Gasteiger partial charge is 0.386 e. The highest BCUT2D eigenvalue weighted by Gasteiger charge is 2.34. The molecular formula is C17H25F4IN4O. The van der Waals surface area contributed by atoms with Gasteiger partial charge in [-0.15, -0.1) is 24.0 Å². The maximum atomic E-state index is 13.7. The average Bonchev–Trinajstić information content (AvgIpc) is 2.98. The highest BCUT2D eigenvalue weighted by atomic mass is 127. The number of rotatable bonds is 6. The molecule has 0 radical (unpaired) electrons. The molecule has 0 spiro atoms. The van der Waals surface area contributed by atoms with Crippen molar-refractivity contribution in [2.75, 3.05) is 32.7 Å². The first-order chi connectivity index (χ1) is 12.3. The van der Waals surface area contributed by atoms with Crippen LogP contribution in [0.2, 0.25) is 0 Å². The lowest BCUT2D eigenvalue weighted by molar-refractivity contribution is -0.143. The number of likely N-dealkylation sites (tertiary alicyclic amines) is 1. The van der Waals surface area contributed by atoms with Gasteiger partial charge in [0.2, 0.25) is 0 Å². The fourth-order valence-corrected chi connectivity index (χ4v) is 2.88. The number of halogens is 5. The van der Waals surface area contributed by atoms with Gasteiger partial charge in [0, 0.05) is 31.2 Å². The van der Waals surface area contributed by atoms with Gasteiger partial charge in [-0.25, -0.2) is 4.39 Å². The number of nitrogens with one attached hydrogen (secondary N) is 2. The minimum absolute atomic E-state index is 0. The summed E-state index contributed by atoms with van der Waals surface area (Å²) in [5.41, 5.74) is 0.157. The zero-order valence-electron chi connectivity index (χ0n) is 15.0. The maximum absolute atomic E-state index is 13.7. The van der Waals surface area contributed by atoms with Crippen molar-refractivity contribution in [1.29, 1.82) is 0 Å². The van der Waals surface area contributed by atoms with Crippen molar-refractivity contribution < 1.29 is 22.7 Å². The molecular weight excluding hydrogens is 479 g/mol. The van der Waals surface area contributed by atoms with E-state index < -0.39 is 24.6 Å². The van der Waals surface area contributed by atoms with Crippen molar-refractivity contribution in [3.05, 3.63) is 35.6 Å². The summed E-state index contributed by atoms with van der Waals surface area (Å²) in [5, 5.41) is 16.2. The molecule has 0 aliphatic carbocycles. The van der Waals surface area contributed by atoms with Crippen LogP contribution < -0.4 is 10.6 Å². The largest absolute Gasteiger partial charge is 0.401 e. The van der Waals surface area contributed by atoms with E-state index in [0.717, 1.165) is 0 Å². The molecule has 1 heterocycles. The summed E-state index contributed by atoms with van der Waals surface area (Å²) in [6, 6.07) is 5.75. The van der Waals surface area contributed by atoms with Crippen LogP contribution in [0.4, 0.5) is 17.6 Å². The Kier molecular flexibility index (Phi) is 9.74. The molecule has 3 N–H and O–H groups in total. The van der Waals surface area contributed by atoms with E-state index in [4.69, 9.17) is 0 Å². The fraction of sp³-hybridized carbons (Fsp3) is 0.588. The number of aliphatic imine (C=N–C) groups is 1. The van der Waals surface area contributed by atoms with E-state index in [9.17, 15) is 22.7 Å². The zero-order valence-corrected chi connectivity index (χ0v) is 17.3. The summed E-state index contributed by atoms with van der Waals surface area (Å²) in [6.07, 6.45) is -4.75. The molecule has 0 aromatic heterocycles. The zero-order chi connectivity index (χ0) is 19.2. The molecule has 154 valence electrons. The normalized spacial score (nSPS) is 19.5. The molecule has 0 bridgehead atoms. The lowest BCUT2D eigenvalue weighted by Gasteiger charge is -2.20. The predicted molar refractivity (Wildman–Crippen MR) is 107 cm³/mol. The number of hydrogen-bond donors (Lipinski definition) is 3. The van der Waals surface area contributed by atoms with Crippen molar-refractivity contribution in [2.45, 2.75) is 31.7 Å². The first-order valence-electron chi connectivity index (χ1n) is 8.55. The maximum Gasteiger partial charge on any atom is 0.401 e. The van der Waals surface area contributed by atoms with Gasteiger partial charge >= 0.3 is 6.18 Å². The van der Waals surface area contributed by atoms with E-state index >= 15 is 0 Å². The Hall–Kier alpha value is -1.14. The van der Waals surface area contributed by atoms with Gasteiger partial charge in [0.25, 0.3) is 0 Å². The number of aliphatic hydroxyl groups is 1. The molecule has 1 fully saturated rings. The van der Waals surface area contributed by atoms with Gasteiger partial charge in [-0.2, -0.15) is 13.2 Å². The van der Waals surface area contributed by atoms with Crippen molar-refractivity contribution in [3.63, 3.8) is 0 Å². The van der Waals surface area contributed by atoms with E-state index in [1.165, 1.54) is 23.1 Å². The van der Waals surface area contributed by atoms with Crippen molar-refractivity contribution in [2.24, 2.45) is 4.99 Å². The molecule has 27 heavy (non-hydrogen) atoms. The summed E-state index contributed by atoms with van der Waals surface area (Å²) >= 11 is 0. The molecule has 1 aromatic carbocycles. The standard InChI is InChI=1S/C17H24F4N4O.HI/c1-2-22-16(23-9-15(26)13-5-3-4-6-14(13)18)24-12-7-8-25(10-12)11-17(19,20)21;/h3-6,12,15,26H,2,7-11H2,1H3,(H2,22,23,24);1H. The average molecular weight is 504 g/mol. The van der Waals surface area contributed by atoms with Crippen LogP contribution in [0.3, 0.4) is 0 Å². The quantitative estimate of drug-likeness (QED) is 0.242. The topological polar surface area (TPSA) is 59.9 Å². The number of hydrogen-bond acceptors (Lipinski definition) is 3. The second-order valence-corrected chi connectivity index (χ2v) is 6.24. The summed E-state index contributed by atoms with van der Waals surface area (Å²) < 4.78 is 51.1. The molecule has 5 nitrogen and oxygen atoms in total. The lowest BCUT2D eigenvalue weighted by Crippen LogP contribution is -2.45. The summed E-state index contributed by atoms with van der Waals surface area (Å²) in [5.74, 6) is -0.117. The van der Waals surface area contributed by atoms with Crippen LogP contribution in [0.15, 0.2) is 29.3 Å². The summed E-state index contributed by atoms with van der Waals surface area (Å²) in [4.78, 5) is 5.57. The Balaban J connectivity index is 0.00000364. The van der Waals surface area contributed by atoms with E-state index in [0.29, 0.717) is 25.5 Å². The third-order valence-corrected chi connectivity index (χ3v) is 4.05. The molecule has 2 atom stereocenters. The highest BCUT2D eigenvalue weighted by Crippen LogP contribution is 2.20.